The van der Waals surface area contributed by atoms with Gasteiger partial charge in [0.1, 0.15) is 12.4 Å². The third-order valence-electron chi connectivity index (χ3n) is 5.12. The van der Waals surface area contributed by atoms with E-state index in [4.69, 9.17) is 0 Å². The summed E-state index contributed by atoms with van der Waals surface area (Å²) in [4.78, 5) is 26.0. The molecule has 1 aromatic heterocycles. The van der Waals surface area contributed by atoms with E-state index in [0.717, 1.165) is 4.68 Å². The number of ketones is 1. The Labute approximate surface area is 191 Å². The first kappa shape index (κ1) is 22.4. The van der Waals surface area contributed by atoms with E-state index in [1.165, 1.54) is 30.5 Å². The highest BCUT2D eigenvalue weighted by Gasteiger charge is 2.17. The Morgan fingerprint density at radius 1 is 0.939 bits per heavy atom. The fraction of sp³-hybridized carbons (Fsp3) is 0.0800. The van der Waals surface area contributed by atoms with Crippen LogP contribution in [0.15, 0.2) is 89.9 Å². The Kier molecular flexibility index (Phi) is 6.67. The summed E-state index contributed by atoms with van der Waals surface area (Å²) in [5, 5.41) is 4.21. The number of rotatable bonds is 7. The van der Waals surface area contributed by atoms with Gasteiger partial charge in [0.05, 0.1) is 11.8 Å². The molecule has 0 fully saturated rings. The average Bonchev–Trinajstić information content (AvgIpc) is 2.82. The highest BCUT2D eigenvalue weighted by Crippen LogP contribution is 2.29. The van der Waals surface area contributed by atoms with Crippen LogP contribution in [0, 0.1) is 5.82 Å². The number of Topliss-reactive ketones (excluding diaryl/α,β-unsaturated/α-hetero) is 1. The minimum absolute atomic E-state index is 0.119. The maximum Gasteiger partial charge on any atom is 0.275 e. The van der Waals surface area contributed by atoms with E-state index in [-0.39, 0.29) is 23.6 Å². The maximum absolute atomic E-state index is 13.5. The molecule has 0 radical (unpaired) electrons. The third kappa shape index (κ3) is 5.19. The van der Waals surface area contributed by atoms with Crippen LogP contribution < -0.4 is 5.56 Å². The number of carbonyl (C=O) groups excluding carboxylic acids is 1. The molecule has 33 heavy (non-hydrogen) atoms. The lowest BCUT2D eigenvalue weighted by molar-refractivity contribution is 0.0965. The first-order valence-corrected chi connectivity index (χ1v) is 11.3. The molecule has 8 heteroatoms. The molecule has 0 aliphatic carbocycles. The molecule has 0 N–H and O–H groups in total. The maximum atomic E-state index is 13.5. The molecule has 0 aliphatic rings. The van der Waals surface area contributed by atoms with Gasteiger partial charge in [-0.1, -0.05) is 77.8 Å². The lowest BCUT2D eigenvalue weighted by Crippen LogP contribution is -2.28. The van der Waals surface area contributed by atoms with Gasteiger partial charge in [0.25, 0.3) is 5.56 Å². The molecular formula is C25H18FN2O4S-. The molecule has 3 aromatic carbocycles. The van der Waals surface area contributed by atoms with Gasteiger partial charge in [0.2, 0.25) is 0 Å². The first-order valence-electron chi connectivity index (χ1n) is 10.0. The van der Waals surface area contributed by atoms with Crippen molar-refractivity contribution in [3.05, 3.63) is 112 Å². The number of carbonyl (C=O) groups is 1. The molecule has 1 atom stereocenters. The number of halogens is 1. The van der Waals surface area contributed by atoms with Crippen molar-refractivity contribution < 1.29 is 17.9 Å². The van der Waals surface area contributed by atoms with E-state index in [0.29, 0.717) is 27.8 Å². The molecule has 6 nitrogen and oxygen atoms in total. The SMILES string of the molecule is O=C(Cn1ncc(-c2ccc(CS(=O)[O-])cc2)c(-c2ccc(F)cc2)c1=O)c1ccccc1. The van der Waals surface area contributed by atoms with Crippen molar-refractivity contribution in [1.82, 2.24) is 9.78 Å². The van der Waals surface area contributed by atoms with Gasteiger partial charge < -0.3 is 4.55 Å². The van der Waals surface area contributed by atoms with Crippen molar-refractivity contribution in [2.75, 3.05) is 0 Å². The van der Waals surface area contributed by atoms with Crippen LogP contribution in [-0.2, 0) is 23.4 Å². The van der Waals surface area contributed by atoms with E-state index in [9.17, 15) is 22.7 Å². The van der Waals surface area contributed by atoms with Crippen LogP contribution in [0.5, 0.6) is 0 Å². The molecule has 1 unspecified atom stereocenters. The van der Waals surface area contributed by atoms with Gasteiger partial charge in [0.15, 0.2) is 5.78 Å². The van der Waals surface area contributed by atoms with Gasteiger partial charge in [-0.15, -0.1) is 0 Å². The second kappa shape index (κ2) is 9.81. The monoisotopic (exact) mass is 461 g/mol. The van der Waals surface area contributed by atoms with E-state index >= 15 is 0 Å². The standard InChI is InChI=1S/C25H19FN2O4S/c26-21-12-10-20(11-13-21)24-22(18-8-6-17(7-9-18)16-33(31)32)14-27-28(25(24)30)15-23(29)19-4-2-1-3-5-19/h1-14H,15-16H2,(H,31,32)/p-1. The summed E-state index contributed by atoms with van der Waals surface area (Å²) in [6.07, 6.45) is 1.49. The number of aromatic nitrogens is 2. The molecule has 0 aliphatic heterocycles. The van der Waals surface area contributed by atoms with Crippen molar-refractivity contribution in [3.63, 3.8) is 0 Å². The molecule has 4 aromatic rings. The van der Waals surface area contributed by atoms with E-state index in [2.05, 4.69) is 5.10 Å². The fourth-order valence-corrected chi connectivity index (χ4v) is 3.95. The Morgan fingerprint density at radius 3 is 2.21 bits per heavy atom. The zero-order valence-corrected chi connectivity index (χ0v) is 18.1. The quantitative estimate of drug-likeness (QED) is 0.307. The van der Waals surface area contributed by atoms with Crippen LogP contribution in [-0.4, -0.2) is 24.3 Å². The predicted octanol–water partition coefficient (Wildman–Crippen LogP) is 3.98. The second-order valence-corrected chi connectivity index (χ2v) is 8.23. The van der Waals surface area contributed by atoms with Crippen LogP contribution in [0.1, 0.15) is 15.9 Å². The molecule has 4 rings (SSSR count). The van der Waals surface area contributed by atoms with Crippen LogP contribution in [0.3, 0.4) is 0 Å². The smallest absolute Gasteiger partial charge is 0.275 e. The van der Waals surface area contributed by atoms with Crippen molar-refractivity contribution in [3.8, 4) is 22.3 Å². The fourth-order valence-electron chi connectivity index (χ4n) is 3.48. The van der Waals surface area contributed by atoms with Gasteiger partial charge in [-0.2, -0.15) is 5.10 Å². The molecule has 0 saturated heterocycles. The molecule has 1 heterocycles. The van der Waals surface area contributed by atoms with E-state index < -0.39 is 22.5 Å². The van der Waals surface area contributed by atoms with Gasteiger partial charge >= 0.3 is 0 Å². The number of nitrogens with zero attached hydrogens (tertiary/aromatic N) is 2. The van der Waals surface area contributed by atoms with Crippen molar-refractivity contribution >= 4 is 16.9 Å². The molecule has 0 amide bonds. The summed E-state index contributed by atoms with van der Waals surface area (Å²) < 4.78 is 36.5. The summed E-state index contributed by atoms with van der Waals surface area (Å²) >= 11 is -2.22. The minimum Gasteiger partial charge on any atom is -0.772 e. The third-order valence-corrected chi connectivity index (χ3v) is 5.68. The van der Waals surface area contributed by atoms with Crippen LogP contribution in [0.4, 0.5) is 4.39 Å². The topological polar surface area (TPSA) is 92.1 Å². The Bertz CT molecular complexity index is 1370. The second-order valence-electron chi connectivity index (χ2n) is 7.34. The first-order chi connectivity index (χ1) is 15.9. The predicted molar refractivity (Wildman–Crippen MR) is 123 cm³/mol. The van der Waals surface area contributed by atoms with E-state index in [1.807, 2.05) is 0 Å². The summed E-state index contributed by atoms with van der Waals surface area (Å²) in [6.45, 7) is -0.244. The van der Waals surface area contributed by atoms with Crippen molar-refractivity contribution in [2.24, 2.45) is 0 Å². The molecule has 0 spiro atoms. The van der Waals surface area contributed by atoms with E-state index in [1.54, 1.807) is 54.6 Å². The lowest BCUT2D eigenvalue weighted by Gasteiger charge is -2.13. The van der Waals surface area contributed by atoms with Crippen LogP contribution in [0.25, 0.3) is 22.3 Å². The Balaban J connectivity index is 1.79. The summed E-state index contributed by atoms with van der Waals surface area (Å²) in [5.41, 5.74) is 2.45. The van der Waals surface area contributed by atoms with Crippen LogP contribution in [0.2, 0.25) is 0 Å². The molecular weight excluding hydrogens is 443 g/mol. The normalized spacial score (nSPS) is 11.8. The zero-order valence-electron chi connectivity index (χ0n) is 17.3. The molecule has 0 saturated carbocycles. The number of benzene rings is 3. The molecule has 0 bridgehead atoms. The van der Waals surface area contributed by atoms with Gasteiger partial charge in [0, 0.05) is 16.9 Å². The van der Waals surface area contributed by atoms with Crippen molar-refractivity contribution in [2.45, 2.75) is 12.3 Å². The number of hydrogen-bond donors (Lipinski definition) is 0. The van der Waals surface area contributed by atoms with Crippen LogP contribution >= 0.6 is 0 Å². The van der Waals surface area contributed by atoms with Gasteiger partial charge in [-0.3, -0.25) is 13.8 Å². The van der Waals surface area contributed by atoms with Gasteiger partial charge in [-0.25, -0.2) is 9.07 Å². The summed E-state index contributed by atoms with van der Waals surface area (Å²) in [7, 11) is 0. The highest BCUT2D eigenvalue weighted by atomic mass is 32.2. The molecule has 166 valence electrons. The number of hydrogen-bond acceptors (Lipinski definition) is 5. The zero-order chi connectivity index (χ0) is 23.4. The van der Waals surface area contributed by atoms with Gasteiger partial charge in [-0.05, 0) is 28.8 Å². The largest absolute Gasteiger partial charge is 0.772 e. The Morgan fingerprint density at radius 2 is 1.58 bits per heavy atom. The Hall–Kier alpha value is -3.75. The van der Waals surface area contributed by atoms with Crippen molar-refractivity contribution in [1.29, 1.82) is 0 Å². The average molecular weight is 461 g/mol. The minimum atomic E-state index is -2.22. The highest BCUT2D eigenvalue weighted by molar-refractivity contribution is 7.78. The summed E-state index contributed by atoms with van der Waals surface area (Å²) in [5.74, 6) is -0.825. The lowest BCUT2D eigenvalue weighted by atomic mass is 9.96. The summed E-state index contributed by atoms with van der Waals surface area (Å²) in [6, 6.07) is 20.8.